The van der Waals surface area contributed by atoms with Gasteiger partial charge in [-0.15, -0.1) is 0 Å². The highest BCUT2D eigenvalue weighted by atomic mass is 16.3. The number of aromatic nitrogens is 1. The van der Waals surface area contributed by atoms with Crippen LogP contribution in [0.25, 0.3) is 61.6 Å². The van der Waals surface area contributed by atoms with Gasteiger partial charge in [0.25, 0.3) is 0 Å². The second-order valence-corrected chi connectivity index (χ2v) is 25.7. The van der Waals surface area contributed by atoms with Gasteiger partial charge in [-0.3, -0.25) is 0 Å². The summed E-state index contributed by atoms with van der Waals surface area (Å²) in [6, 6.07) is 57.2. The van der Waals surface area contributed by atoms with E-state index >= 15 is 0 Å². The molecule has 384 valence electrons. The molecule has 6 aromatic carbocycles. The van der Waals surface area contributed by atoms with Crippen LogP contribution in [0.15, 0.2) is 146 Å². The largest absolute Gasteiger partial charge is 0.507 e. The summed E-state index contributed by atoms with van der Waals surface area (Å²) >= 11 is 0. The number of aromatic hydroxyl groups is 1. The molecule has 0 spiro atoms. The molecule has 1 N–H and O–H groups in total. The van der Waals surface area contributed by atoms with Gasteiger partial charge in [-0.1, -0.05) is 137 Å². The fraction of sp³-hybridized carbons (Fsp3) is 0.438. The zero-order valence-corrected chi connectivity index (χ0v) is 45.6. The summed E-state index contributed by atoms with van der Waals surface area (Å²) in [4.78, 5) is 0. The van der Waals surface area contributed by atoms with Crippen molar-refractivity contribution in [1.82, 2.24) is 0 Å². The van der Waals surface area contributed by atoms with E-state index in [0.29, 0.717) is 16.6 Å². The number of benzene rings is 6. The van der Waals surface area contributed by atoms with Crippen LogP contribution >= 0.6 is 0 Å². The quantitative estimate of drug-likeness (QED) is 0.0904. The van der Waals surface area contributed by atoms with E-state index in [1.807, 2.05) is 0 Å². The molecule has 8 saturated carbocycles. The molecule has 0 atom stereocenters. The molecule has 0 aliphatic heterocycles. The van der Waals surface area contributed by atoms with Crippen molar-refractivity contribution in [2.75, 3.05) is 0 Å². The number of phenolic OH excluding ortho intramolecular Hbond substituents is 1. The fourth-order valence-corrected chi connectivity index (χ4v) is 17.3. The second kappa shape index (κ2) is 20.3. The third-order valence-electron chi connectivity index (χ3n) is 20.4. The van der Waals surface area contributed by atoms with Gasteiger partial charge in [0.05, 0.1) is 0 Å². The third-order valence-corrected chi connectivity index (χ3v) is 20.4. The lowest BCUT2D eigenvalue weighted by atomic mass is 9.48. The molecular formula is C73H82NO+. The summed E-state index contributed by atoms with van der Waals surface area (Å²) in [6.45, 7) is 6.82. The van der Waals surface area contributed by atoms with E-state index in [4.69, 9.17) is 0 Å². The van der Waals surface area contributed by atoms with Crippen LogP contribution < -0.4 is 4.57 Å². The average molecular weight is 989 g/mol. The molecule has 1 heterocycles. The lowest BCUT2D eigenvalue weighted by Gasteiger charge is -2.57. The summed E-state index contributed by atoms with van der Waals surface area (Å²) in [6.07, 6.45) is 27.3. The first-order valence-electron chi connectivity index (χ1n) is 30.2. The molecule has 8 fully saturated rings. The highest BCUT2D eigenvalue weighted by Gasteiger charge is 2.53. The van der Waals surface area contributed by atoms with Crippen LogP contribution in [0.4, 0.5) is 0 Å². The zero-order chi connectivity index (χ0) is 50.7. The SMILES string of the molecule is CCCCc1ccc(-c2cc(-c3ccc(C45CC6CC(CC(C6)C4)C5)cc3)[n+](-c3cc(-c4ccc(CCCC)cc4)c(O)c(-c4ccc(CCCC)cc4)c3)c(-c3ccc(C45CC6CC(CC(C6)C4)C5)cc3)c2)cc1. The Morgan fingerprint density at radius 2 is 0.680 bits per heavy atom. The van der Waals surface area contributed by atoms with Crippen LogP contribution in [0.1, 0.15) is 164 Å². The first-order valence-corrected chi connectivity index (χ1v) is 30.2. The van der Waals surface area contributed by atoms with Crippen LogP contribution in [0.2, 0.25) is 0 Å². The van der Waals surface area contributed by atoms with Crippen LogP contribution in [0, 0.1) is 35.5 Å². The standard InChI is InChI=1S/C73H81NO/c1-4-7-10-49-13-19-58(20-14-49)63-39-69(61-25-29-64(30-26-61)72-43-52-33-53(44-72)35-54(34-52)45-72)74(70(40-63)62-27-31-65(32-28-62)73-46-55-36-56(47-73)38-57(37-55)48-73)66-41-67(59-21-15-50(16-22-59)11-8-5-2)71(75)68(42-66)60-23-17-51(18-24-60)12-9-6-3/h13-32,39-42,52-57H,4-12,33-38,43-48H2,1-3H3/p+1. The van der Waals surface area contributed by atoms with Gasteiger partial charge in [-0.05, 0) is 236 Å². The Labute approximate surface area is 450 Å². The lowest BCUT2D eigenvalue weighted by Crippen LogP contribution is -2.48. The number of unbranched alkanes of at least 4 members (excludes halogenated alkanes) is 3. The van der Waals surface area contributed by atoms with Gasteiger partial charge in [0.1, 0.15) is 5.75 Å². The highest BCUT2D eigenvalue weighted by Crippen LogP contribution is 2.62. The number of rotatable bonds is 17. The third kappa shape index (κ3) is 9.43. The van der Waals surface area contributed by atoms with Crippen LogP contribution in [0.5, 0.6) is 5.75 Å². The molecular weight excluding hydrogens is 907 g/mol. The summed E-state index contributed by atoms with van der Waals surface area (Å²) in [5.41, 5.74) is 20.1. The Balaban J connectivity index is 1.02. The van der Waals surface area contributed by atoms with Crippen molar-refractivity contribution in [2.24, 2.45) is 35.5 Å². The molecule has 15 rings (SSSR count). The van der Waals surface area contributed by atoms with E-state index in [1.165, 1.54) is 166 Å². The normalized spacial score (nSPS) is 26.1. The number of phenols is 1. The topological polar surface area (TPSA) is 24.1 Å². The van der Waals surface area contributed by atoms with Crippen molar-refractivity contribution < 1.29 is 9.67 Å². The molecule has 8 aliphatic rings. The van der Waals surface area contributed by atoms with Gasteiger partial charge in [0, 0.05) is 46.5 Å². The van der Waals surface area contributed by atoms with Gasteiger partial charge < -0.3 is 5.11 Å². The molecule has 0 unspecified atom stereocenters. The number of hydrogen-bond acceptors (Lipinski definition) is 1. The summed E-state index contributed by atoms with van der Waals surface area (Å²) in [5.74, 6) is 5.74. The van der Waals surface area contributed by atoms with Crippen LogP contribution in [0.3, 0.4) is 0 Å². The molecule has 75 heavy (non-hydrogen) atoms. The van der Waals surface area contributed by atoms with E-state index in [9.17, 15) is 5.11 Å². The molecule has 2 heteroatoms. The van der Waals surface area contributed by atoms with Gasteiger partial charge in [0.15, 0.2) is 0 Å². The summed E-state index contributed by atoms with van der Waals surface area (Å²) in [5, 5.41) is 12.7. The maximum Gasteiger partial charge on any atom is 0.219 e. The van der Waals surface area contributed by atoms with Crippen LogP contribution in [-0.4, -0.2) is 5.11 Å². The molecule has 2 nitrogen and oxygen atoms in total. The van der Waals surface area contributed by atoms with Crippen molar-refractivity contribution in [3.63, 3.8) is 0 Å². The van der Waals surface area contributed by atoms with Crippen molar-refractivity contribution in [3.8, 4) is 67.3 Å². The van der Waals surface area contributed by atoms with Crippen molar-refractivity contribution >= 4 is 0 Å². The fourth-order valence-electron chi connectivity index (χ4n) is 17.3. The second-order valence-electron chi connectivity index (χ2n) is 25.7. The predicted octanol–water partition coefficient (Wildman–Crippen LogP) is 19.0. The maximum absolute atomic E-state index is 12.7. The predicted molar refractivity (Wildman–Crippen MR) is 312 cm³/mol. The summed E-state index contributed by atoms with van der Waals surface area (Å²) < 4.78 is 2.57. The monoisotopic (exact) mass is 989 g/mol. The Bertz CT molecular complexity index is 2890. The molecule has 0 saturated heterocycles. The Morgan fingerprint density at radius 1 is 0.373 bits per heavy atom. The molecule has 8 bridgehead atoms. The Morgan fingerprint density at radius 3 is 1.00 bits per heavy atom. The first kappa shape index (κ1) is 48.9. The Hall–Kier alpha value is -5.73. The number of pyridine rings is 1. The van der Waals surface area contributed by atoms with Crippen molar-refractivity contribution in [1.29, 1.82) is 0 Å². The smallest absolute Gasteiger partial charge is 0.219 e. The van der Waals surface area contributed by atoms with Crippen LogP contribution in [-0.2, 0) is 30.1 Å². The van der Waals surface area contributed by atoms with Gasteiger partial charge in [0.2, 0.25) is 17.1 Å². The molecule has 0 radical (unpaired) electrons. The van der Waals surface area contributed by atoms with E-state index in [2.05, 4.69) is 171 Å². The summed E-state index contributed by atoms with van der Waals surface area (Å²) in [7, 11) is 0. The highest BCUT2D eigenvalue weighted by molar-refractivity contribution is 5.85. The molecule has 7 aromatic rings. The molecule has 1 aromatic heterocycles. The van der Waals surface area contributed by atoms with E-state index in [1.54, 1.807) is 11.1 Å². The van der Waals surface area contributed by atoms with Gasteiger partial charge >= 0.3 is 0 Å². The lowest BCUT2D eigenvalue weighted by molar-refractivity contribution is -0.572. The number of aryl methyl sites for hydroxylation is 3. The minimum Gasteiger partial charge on any atom is -0.507 e. The minimum absolute atomic E-state index is 0.327. The van der Waals surface area contributed by atoms with E-state index in [0.717, 1.165) is 82.7 Å². The zero-order valence-electron chi connectivity index (χ0n) is 45.6. The molecule has 0 amide bonds. The van der Waals surface area contributed by atoms with Crippen molar-refractivity contribution in [3.05, 3.63) is 173 Å². The number of hydrogen-bond donors (Lipinski definition) is 1. The van der Waals surface area contributed by atoms with Gasteiger partial charge in [-0.2, -0.15) is 4.57 Å². The average Bonchev–Trinajstić information content (AvgIpc) is 3.44. The van der Waals surface area contributed by atoms with E-state index in [-0.39, 0.29) is 0 Å². The first-order chi connectivity index (χ1) is 36.7. The molecule has 8 aliphatic carbocycles. The maximum atomic E-state index is 12.7. The van der Waals surface area contributed by atoms with Gasteiger partial charge in [-0.25, -0.2) is 0 Å². The number of nitrogens with zero attached hydrogens (tertiary/aromatic N) is 1. The minimum atomic E-state index is 0.327. The van der Waals surface area contributed by atoms with E-state index < -0.39 is 0 Å². The Kier molecular flexibility index (Phi) is 13.3. The van der Waals surface area contributed by atoms with Crippen molar-refractivity contribution in [2.45, 2.75) is 166 Å².